The van der Waals surface area contributed by atoms with E-state index in [4.69, 9.17) is 0 Å². The van der Waals surface area contributed by atoms with Crippen molar-refractivity contribution in [2.24, 2.45) is 11.8 Å². The maximum Gasteiger partial charge on any atom is 0.0460 e. The molecule has 1 unspecified atom stereocenters. The number of nitrogens with zero attached hydrogens (tertiary/aromatic N) is 1. The highest BCUT2D eigenvalue weighted by Crippen LogP contribution is 2.41. The normalized spacial score (nSPS) is 43.1. The summed E-state index contributed by atoms with van der Waals surface area (Å²) in [7, 11) is 0. The summed E-state index contributed by atoms with van der Waals surface area (Å²) in [5.74, 6) is 1.65. The molecule has 0 amide bonds. The minimum absolute atomic E-state index is 0.421. The molecule has 80 valence electrons. The van der Waals surface area contributed by atoms with Crippen molar-refractivity contribution >= 4 is 0 Å². The van der Waals surface area contributed by atoms with Crippen molar-refractivity contribution < 1.29 is 5.11 Å². The first-order valence-corrected chi connectivity index (χ1v) is 6.23. The summed E-state index contributed by atoms with van der Waals surface area (Å²) >= 11 is 0. The summed E-state index contributed by atoms with van der Waals surface area (Å²) in [4.78, 5) is 2.77. The Bertz CT molecular complexity index is 200. The molecule has 1 saturated carbocycles. The molecule has 3 aliphatic rings. The lowest BCUT2D eigenvalue weighted by Gasteiger charge is -2.38. The Kier molecular flexibility index (Phi) is 2.29. The first-order valence-electron chi connectivity index (χ1n) is 6.23. The van der Waals surface area contributed by atoms with E-state index in [2.05, 4.69) is 4.90 Å². The van der Waals surface area contributed by atoms with Gasteiger partial charge < -0.3 is 5.11 Å². The number of hydrogen-bond donors (Lipinski definition) is 1. The van der Waals surface area contributed by atoms with E-state index < -0.39 is 0 Å². The minimum Gasteiger partial charge on any atom is -0.396 e. The van der Waals surface area contributed by atoms with E-state index >= 15 is 0 Å². The fourth-order valence-electron chi connectivity index (χ4n) is 3.43. The van der Waals surface area contributed by atoms with Gasteiger partial charge in [-0.05, 0) is 50.4 Å². The molecular formula is C12H21NO. The molecule has 0 aromatic heterocycles. The first-order chi connectivity index (χ1) is 6.86. The van der Waals surface area contributed by atoms with Gasteiger partial charge in [0, 0.05) is 25.2 Å². The number of rotatable bonds is 3. The zero-order chi connectivity index (χ0) is 9.54. The van der Waals surface area contributed by atoms with Gasteiger partial charge in [-0.1, -0.05) is 0 Å². The van der Waals surface area contributed by atoms with Gasteiger partial charge in [0.05, 0.1) is 0 Å². The second-order valence-corrected chi connectivity index (χ2v) is 5.55. The molecule has 1 N–H and O–H groups in total. The molecule has 2 nitrogen and oxygen atoms in total. The molecule has 2 aliphatic heterocycles. The molecule has 3 atom stereocenters. The first kappa shape index (κ1) is 9.17. The van der Waals surface area contributed by atoms with Crippen LogP contribution in [0.25, 0.3) is 0 Å². The molecule has 2 heteroatoms. The van der Waals surface area contributed by atoms with Gasteiger partial charge in [0.15, 0.2) is 0 Å². The van der Waals surface area contributed by atoms with Crippen molar-refractivity contribution in [1.82, 2.24) is 4.90 Å². The van der Waals surface area contributed by atoms with E-state index in [0.29, 0.717) is 12.5 Å². The van der Waals surface area contributed by atoms with Crippen LogP contribution in [0.1, 0.15) is 38.5 Å². The molecular weight excluding hydrogens is 174 g/mol. The third-order valence-electron chi connectivity index (χ3n) is 4.41. The maximum atomic E-state index is 9.22. The van der Waals surface area contributed by atoms with Crippen LogP contribution in [0, 0.1) is 11.8 Å². The van der Waals surface area contributed by atoms with Crippen LogP contribution in [0.3, 0.4) is 0 Å². The summed E-state index contributed by atoms with van der Waals surface area (Å²) in [5, 5.41) is 9.22. The molecule has 0 aromatic carbocycles. The van der Waals surface area contributed by atoms with Crippen LogP contribution in [-0.2, 0) is 0 Å². The van der Waals surface area contributed by atoms with Crippen LogP contribution < -0.4 is 0 Å². The Labute approximate surface area is 86.3 Å². The summed E-state index contributed by atoms with van der Waals surface area (Å²) < 4.78 is 0. The van der Waals surface area contributed by atoms with Crippen molar-refractivity contribution in [3.63, 3.8) is 0 Å². The lowest BCUT2D eigenvalue weighted by Crippen LogP contribution is -2.44. The molecule has 0 spiro atoms. The van der Waals surface area contributed by atoms with Gasteiger partial charge in [0.2, 0.25) is 0 Å². The molecule has 2 saturated heterocycles. The molecule has 2 heterocycles. The van der Waals surface area contributed by atoms with Crippen LogP contribution in [-0.4, -0.2) is 35.2 Å². The average Bonchev–Trinajstić information content (AvgIpc) is 2.95. The van der Waals surface area contributed by atoms with Crippen LogP contribution in [0.2, 0.25) is 0 Å². The van der Waals surface area contributed by atoms with Gasteiger partial charge >= 0.3 is 0 Å². The number of aliphatic hydroxyl groups is 1. The van der Waals surface area contributed by atoms with Crippen molar-refractivity contribution in [2.75, 3.05) is 13.2 Å². The van der Waals surface area contributed by atoms with Crippen LogP contribution >= 0.6 is 0 Å². The molecule has 3 rings (SSSR count). The predicted molar refractivity (Wildman–Crippen MR) is 56.0 cm³/mol. The lowest BCUT2D eigenvalue weighted by atomic mass is 9.91. The fourth-order valence-corrected chi connectivity index (χ4v) is 3.43. The topological polar surface area (TPSA) is 23.5 Å². The lowest BCUT2D eigenvalue weighted by molar-refractivity contribution is 0.0705. The molecule has 3 fully saturated rings. The third kappa shape index (κ3) is 1.59. The second-order valence-electron chi connectivity index (χ2n) is 5.55. The minimum atomic E-state index is 0.421. The number of aliphatic hydroxyl groups excluding tert-OH is 1. The van der Waals surface area contributed by atoms with Crippen molar-refractivity contribution in [2.45, 2.75) is 50.6 Å². The van der Waals surface area contributed by atoms with Gasteiger partial charge in [-0.25, -0.2) is 0 Å². The predicted octanol–water partition coefficient (Wildman–Crippen LogP) is 1.63. The Morgan fingerprint density at radius 2 is 1.57 bits per heavy atom. The number of hydrogen-bond acceptors (Lipinski definition) is 2. The van der Waals surface area contributed by atoms with Crippen LogP contribution in [0.4, 0.5) is 0 Å². The number of fused-ring (bicyclic) bond motifs is 2. The molecule has 1 aliphatic carbocycles. The van der Waals surface area contributed by atoms with E-state index in [0.717, 1.165) is 18.0 Å². The Morgan fingerprint density at radius 3 is 2.07 bits per heavy atom. The van der Waals surface area contributed by atoms with Gasteiger partial charge in [0.1, 0.15) is 0 Å². The summed E-state index contributed by atoms with van der Waals surface area (Å²) in [5.41, 5.74) is 0. The Hall–Kier alpha value is -0.0800. The molecule has 0 radical (unpaired) electrons. The van der Waals surface area contributed by atoms with Gasteiger partial charge in [-0.3, -0.25) is 4.90 Å². The van der Waals surface area contributed by atoms with E-state index in [9.17, 15) is 5.11 Å². The quantitative estimate of drug-likeness (QED) is 0.740. The summed E-state index contributed by atoms with van der Waals surface area (Å²) in [6.45, 7) is 1.79. The van der Waals surface area contributed by atoms with E-state index in [1.807, 2.05) is 0 Å². The molecule has 14 heavy (non-hydrogen) atoms. The smallest absolute Gasteiger partial charge is 0.0460 e. The Balaban J connectivity index is 1.64. The van der Waals surface area contributed by atoms with Gasteiger partial charge in [0.25, 0.3) is 0 Å². The largest absolute Gasteiger partial charge is 0.396 e. The third-order valence-corrected chi connectivity index (χ3v) is 4.41. The van der Waals surface area contributed by atoms with Crippen molar-refractivity contribution in [1.29, 1.82) is 0 Å². The van der Waals surface area contributed by atoms with Crippen LogP contribution in [0.15, 0.2) is 0 Å². The molecule has 2 bridgehead atoms. The Morgan fingerprint density at radius 1 is 0.929 bits per heavy atom. The fraction of sp³-hybridized carbons (Fsp3) is 1.00. The van der Waals surface area contributed by atoms with Crippen molar-refractivity contribution in [3.05, 3.63) is 0 Å². The standard InChI is InChI=1S/C12H21NO/c14-8-10-5-11-3-4-12(6-10)13(11)7-9-1-2-9/h9-12,14H,1-8H2/t10?,11-,12+. The van der Waals surface area contributed by atoms with Crippen molar-refractivity contribution in [3.8, 4) is 0 Å². The molecule has 0 aromatic rings. The summed E-state index contributed by atoms with van der Waals surface area (Å²) in [6.07, 6.45) is 8.26. The van der Waals surface area contributed by atoms with E-state index in [-0.39, 0.29) is 0 Å². The zero-order valence-corrected chi connectivity index (χ0v) is 8.86. The SMILES string of the molecule is OCC1C[C@H]2CC[C@@H](C1)N2CC1CC1. The zero-order valence-electron chi connectivity index (χ0n) is 8.86. The monoisotopic (exact) mass is 195 g/mol. The second kappa shape index (κ2) is 3.49. The maximum absolute atomic E-state index is 9.22. The number of piperidine rings is 1. The highest BCUT2D eigenvalue weighted by Gasteiger charge is 2.42. The highest BCUT2D eigenvalue weighted by molar-refractivity contribution is 4.96. The van der Waals surface area contributed by atoms with Crippen LogP contribution in [0.5, 0.6) is 0 Å². The summed E-state index contributed by atoms with van der Waals surface area (Å²) in [6, 6.07) is 1.65. The van der Waals surface area contributed by atoms with Gasteiger partial charge in [-0.2, -0.15) is 0 Å². The highest BCUT2D eigenvalue weighted by atomic mass is 16.3. The van der Waals surface area contributed by atoms with E-state index in [1.165, 1.54) is 45.1 Å². The average molecular weight is 195 g/mol. The van der Waals surface area contributed by atoms with Gasteiger partial charge in [-0.15, -0.1) is 0 Å². The van der Waals surface area contributed by atoms with E-state index in [1.54, 1.807) is 0 Å².